The molecule has 0 aliphatic carbocycles. The first-order valence-corrected chi connectivity index (χ1v) is 15.2. The molecule has 11 nitrogen and oxygen atoms in total. The summed E-state index contributed by atoms with van der Waals surface area (Å²) in [5.74, 6) is -0.895. The fourth-order valence-electron chi connectivity index (χ4n) is 5.78. The average molecular weight is 649 g/mol. The molecular formula is C29H24B9FN8O3. The van der Waals surface area contributed by atoms with Gasteiger partial charge in [0.1, 0.15) is 40.9 Å². The van der Waals surface area contributed by atoms with Gasteiger partial charge < -0.3 is 25.2 Å². The molecule has 50 heavy (non-hydrogen) atoms. The van der Waals surface area contributed by atoms with E-state index in [-0.39, 0.29) is 47.7 Å². The molecule has 18 radical (unpaired) electrons. The molecule has 1 aliphatic heterocycles. The van der Waals surface area contributed by atoms with Crippen LogP contribution in [-0.4, -0.2) is 136 Å². The lowest BCUT2D eigenvalue weighted by Crippen LogP contribution is -2.64. The molecule has 2 aromatic carbocycles. The highest BCUT2D eigenvalue weighted by Gasteiger charge is 2.30. The van der Waals surface area contributed by atoms with Gasteiger partial charge in [0.2, 0.25) is 11.9 Å². The molecule has 1 aliphatic rings. The molecule has 21 heteroatoms. The second-order valence-corrected chi connectivity index (χ2v) is 12.0. The molecule has 0 unspecified atom stereocenters. The quantitative estimate of drug-likeness (QED) is 0.141. The van der Waals surface area contributed by atoms with Crippen molar-refractivity contribution in [3.05, 3.63) is 71.0 Å². The maximum Gasteiger partial charge on any atom is 0.334 e. The van der Waals surface area contributed by atoms with E-state index in [1.54, 1.807) is 16.5 Å². The number of nitrogens with one attached hydrogen (secondary N) is 2. The van der Waals surface area contributed by atoms with Gasteiger partial charge in [-0.05, 0) is 41.9 Å². The number of amides is 1. The molecular weight excluding hydrogens is 625 g/mol. The number of rotatable bonds is 13. The topological polar surface area (TPSA) is 110 Å². The predicted molar refractivity (Wildman–Crippen MR) is 201 cm³/mol. The minimum atomic E-state index is -2.17. The third-order valence-electron chi connectivity index (χ3n) is 7.84. The number of aromatic nitrogens is 4. The van der Waals surface area contributed by atoms with Crippen LogP contribution in [0.2, 0.25) is 0 Å². The Balaban J connectivity index is 1.57. The first-order valence-electron chi connectivity index (χ1n) is 15.2. The van der Waals surface area contributed by atoms with Gasteiger partial charge in [-0.15, -0.1) is 0 Å². The Bertz CT molecular complexity index is 1990. The van der Waals surface area contributed by atoms with Crippen molar-refractivity contribution in [3.63, 3.8) is 0 Å². The predicted octanol–water partition coefficient (Wildman–Crippen LogP) is -0.997. The van der Waals surface area contributed by atoms with E-state index in [2.05, 4.69) is 27.2 Å². The van der Waals surface area contributed by atoms with Gasteiger partial charge in [-0.25, -0.2) is 18.7 Å². The smallest absolute Gasteiger partial charge is 0.334 e. The Morgan fingerprint density at radius 1 is 1.06 bits per heavy atom. The largest absolute Gasteiger partial charge is 0.514 e. The number of nitrogens with zero attached hydrogens (tertiary/aromatic N) is 6. The molecule has 0 bridgehead atoms. The highest BCUT2D eigenvalue weighted by atomic mass is 19.1. The molecule has 0 saturated carbocycles. The number of hydrogen-bond acceptors (Lipinski definition) is 8. The van der Waals surface area contributed by atoms with Crippen molar-refractivity contribution in [2.75, 3.05) is 35.7 Å². The number of hydrogen-bond donors (Lipinski definition) is 2. The molecule has 3 heterocycles. The Labute approximate surface area is 301 Å². The van der Waals surface area contributed by atoms with Gasteiger partial charge in [-0.3, -0.25) is 9.36 Å². The normalized spacial score (nSPS) is 13.3. The molecule has 0 spiro atoms. The van der Waals surface area contributed by atoms with E-state index in [4.69, 9.17) is 75.4 Å². The lowest BCUT2D eigenvalue weighted by Gasteiger charge is -2.49. The van der Waals surface area contributed by atoms with Crippen molar-refractivity contribution in [1.82, 2.24) is 24.0 Å². The van der Waals surface area contributed by atoms with Gasteiger partial charge in [-0.2, -0.15) is 4.98 Å². The van der Waals surface area contributed by atoms with Crippen LogP contribution >= 0.6 is 0 Å². The number of carbonyl (C=O) groups excluding carboxylic acids is 1. The average Bonchev–Trinajstić information content (AvgIpc) is 3.28. The number of carbonyl (C=O) groups is 1. The maximum absolute atomic E-state index is 14.6. The number of imidazole rings is 1. The van der Waals surface area contributed by atoms with Crippen LogP contribution in [0.15, 0.2) is 54.0 Å². The summed E-state index contributed by atoms with van der Waals surface area (Å²) in [6.07, 6.45) is 3.80. The standard InChI is InChI=1S/C29H24B9FN8O3/c1-3-23(48)41-17-13-18(21(50-29(36,37)38)14-19(17)44(2)9-10-46(27(30,31)32)28(33,34)35)42-25-40-7-6-22(43-25)47-20-12-16(39)11-15-5-4-8-45(24(15)20)26(47)49/h3,6-7,11-14H,1,4-5,8-10H2,2H3,(H,41,48)(H,40,42,43). The lowest BCUT2D eigenvalue weighted by atomic mass is 9.40. The van der Waals surface area contributed by atoms with E-state index in [9.17, 15) is 14.0 Å². The number of likely N-dealkylation sites (N-methyl/N-ethyl adjacent to an activating group) is 1. The van der Waals surface area contributed by atoms with Crippen LogP contribution in [-0.2, 0) is 17.8 Å². The van der Waals surface area contributed by atoms with Crippen molar-refractivity contribution in [1.29, 1.82) is 0 Å². The molecule has 0 fully saturated rings. The van der Waals surface area contributed by atoms with Gasteiger partial charge in [-0.1, -0.05) is 17.1 Å². The van der Waals surface area contributed by atoms with E-state index >= 15 is 0 Å². The van der Waals surface area contributed by atoms with Crippen molar-refractivity contribution in [2.45, 2.75) is 35.2 Å². The zero-order chi connectivity index (χ0) is 36.8. The van der Waals surface area contributed by atoms with E-state index in [1.165, 1.54) is 41.1 Å². The number of anilines is 4. The number of aryl methyl sites for hydroxylation is 2. The molecule has 0 saturated heterocycles. The summed E-state index contributed by atoms with van der Waals surface area (Å²) in [6, 6.07) is 7.18. The van der Waals surface area contributed by atoms with Gasteiger partial charge in [0.25, 0.3) is 0 Å². The fourth-order valence-corrected chi connectivity index (χ4v) is 5.78. The summed E-state index contributed by atoms with van der Waals surface area (Å²) in [4.78, 5) is 37.6. The van der Waals surface area contributed by atoms with Crippen LogP contribution in [0, 0.1) is 5.82 Å². The summed E-state index contributed by atoms with van der Waals surface area (Å²) in [6.45, 7) is 4.04. The molecule has 0 atom stereocenters. The molecule has 2 N–H and O–H groups in total. The van der Waals surface area contributed by atoms with E-state index in [0.717, 1.165) is 16.5 Å². The SMILES string of the molecule is [B]C([B])([B])Oc1cc(N(C)CCN(C([B])([B])[B])C([B])([B])[B])c(NC(=O)C=C)cc1Nc1nccc(-n2c(=O)n3c4c(cc(F)cc42)CCC3)n1. The number of benzene rings is 2. The summed E-state index contributed by atoms with van der Waals surface area (Å²) >= 11 is 0. The van der Waals surface area contributed by atoms with Crippen LogP contribution in [0.25, 0.3) is 16.9 Å². The van der Waals surface area contributed by atoms with Crippen LogP contribution in [0.4, 0.5) is 27.4 Å². The van der Waals surface area contributed by atoms with Crippen LogP contribution in [0.1, 0.15) is 12.0 Å². The summed E-state index contributed by atoms with van der Waals surface area (Å²) in [5, 5.41) is -0.415. The third-order valence-corrected chi connectivity index (χ3v) is 7.84. The van der Waals surface area contributed by atoms with Crippen LogP contribution < -0.4 is 26.0 Å². The molecule has 4 aromatic rings. The molecule has 232 valence electrons. The van der Waals surface area contributed by atoms with E-state index in [1.807, 2.05) is 0 Å². The Hall–Kier alpha value is -4.13. The van der Waals surface area contributed by atoms with Gasteiger partial charge in [0.05, 0.1) is 75.2 Å². The molecule has 5 rings (SSSR count). The Morgan fingerprint density at radius 2 is 1.76 bits per heavy atom. The summed E-state index contributed by atoms with van der Waals surface area (Å²) in [5.41, 5.74) is 2.08. The highest BCUT2D eigenvalue weighted by Crippen LogP contribution is 2.39. The summed E-state index contributed by atoms with van der Waals surface area (Å²) in [7, 11) is 54.1. The molecule has 1 amide bonds. The van der Waals surface area contributed by atoms with E-state index in [0.29, 0.717) is 36.1 Å². The molecule has 2 aromatic heterocycles. The van der Waals surface area contributed by atoms with Crippen LogP contribution in [0.3, 0.4) is 0 Å². The van der Waals surface area contributed by atoms with Gasteiger partial charge in [0, 0.05) is 51.1 Å². The number of ether oxygens (including phenoxy) is 1. The zero-order valence-electron chi connectivity index (χ0n) is 27.3. The van der Waals surface area contributed by atoms with Gasteiger partial charge in [0.15, 0.2) is 0 Å². The van der Waals surface area contributed by atoms with E-state index < -0.39 is 27.5 Å². The van der Waals surface area contributed by atoms with Crippen molar-refractivity contribution >= 4 is 111 Å². The first kappa shape index (κ1) is 37.1. The minimum Gasteiger partial charge on any atom is -0.514 e. The first-order chi connectivity index (χ1) is 23.3. The van der Waals surface area contributed by atoms with Gasteiger partial charge >= 0.3 is 5.69 Å². The number of halogens is 1. The monoisotopic (exact) mass is 650 g/mol. The van der Waals surface area contributed by atoms with Crippen molar-refractivity contribution in [3.8, 4) is 11.6 Å². The van der Waals surface area contributed by atoms with Crippen LogP contribution in [0.5, 0.6) is 5.75 Å². The summed E-state index contributed by atoms with van der Waals surface area (Å²) < 4.78 is 23.2. The van der Waals surface area contributed by atoms with Crippen molar-refractivity contribution in [2.24, 2.45) is 0 Å². The second kappa shape index (κ2) is 13.9. The fraction of sp³-hybridized carbons (Fsp3) is 0.310. The highest BCUT2D eigenvalue weighted by molar-refractivity contribution is 6.63. The zero-order valence-corrected chi connectivity index (χ0v) is 27.3. The minimum absolute atomic E-state index is 0.00942. The third kappa shape index (κ3) is 8.09. The maximum atomic E-state index is 14.6. The second-order valence-electron chi connectivity index (χ2n) is 12.0. The Kier molecular flexibility index (Phi) is 10.3. The Morgan fingerprint density at radius 3 is 2.40 bits per heavy atom. The van der Waals surface area contributed by atoms with Crippen molar-refractivity contribution < 1.29 is 13.9 Å². The lowest BCUT2D eigenvalue weighted by molar-refractivity contribution is -0.111.